The van der Waals surface area contributed by atoms with Crippen molar-refractivity contribution in [1.29, 1.82) is 0 Å². The van der Waals surface area contributed by atoms with Gasteiger partial charge in [-0.3, -0.25) is 9.69 Å². The minimum Gasteiger partial charge on any atom is -0.378 e. The van der Waals surface area contributed by atoms with Crippen molar-refractivity contribution in [3.05, 3.63) is 35.9 Å². The molecular weight excluding hydrogens is 238 g/mol. The summed E-state index contributed by atoms with van der Waals surface area (Å²) in [6.45, 7) is 3.51. The average molecular weight is 259 g/mol. The third-order valence-electron chi connectivity index (χ3n) is 4.17. The minimum atomic E-state index is 0.252. The molecular formula is C16H21NO2. The summed E-state index contributed by atoms with van der Waals surface area (Å²) in [5, 5.41) is 0. The lowest BCUT2D eigenvalue weighted by Crippen LogP contribution is -2.47. The molecule has 0 aromatic heterocycles. The summed E-state index contributed by atoms with van der Waals surface area (Å²) in [4.78, 5) is 14.6. The van der Waals surface area contributed by atoms with E-state index in [4.69, 9.17) is 4.74 Å². The van der Waals surface area contributed by atoms with Gasteiger partial charge in [-0.05, 0) is 18.8 Å². The normalized spacial score (nSPS) is 24.3. The molecule has 1 saturated carbocycles. The summed E-state index contributed by atoms with van der Waals surface area (Å²) in [7, 11) is 0. The van der Waals surface area contributed by atoms with E-state index in [1.807, 2.05) is 30.3 Å². The number of ketones is 1. The van der Waals surface area contributed by atoms with Crippen LogP contribution in [0.3, 0.4) is 0 Å². The van der Waals surface area contributed by atoms with E-state index >= 15 is 0 Å². The number of hydrogen-bond acceptors (Lipinski definition) is 3. The zero-order chi connectivity index (χ0) is 13.1. The van der Waals surface area contributed by atoms with Gasteiger partial charge in [0.05, 0.1) is 13.2 Å². The Labute approximate surface area is 114 Å². The lowest BCUT2D eigenvalue weighted by atomic mass is 10.1. The summed E-state index contributed by atoms with van der Waals surface area (Å²) < 4.78 is 5.58. The van der Waals surface area contributed by atoms with Gasteiger partial charge in [0.2, 0.25) is 0 Å². The second-order valence-electron chi connectivity index (χ2n) is 5.55. The number of hydrogen-bond donors (Lipinski definition) is 0. The molecule has 2 fully saturated rings. The van der Waals surface area contributed by atoms with Crippen molar-refractivity contribution in [2.45, 2.75) is 25.3 Å². The first kappa shape index (κ1) is 12.8. The highest BCUT2D eigenvalue weighted by Gasteiger charge is 2.36. The van der Waals surface area contributed by atoms with Gasteiger partial charge >= 0.3 is 0 Å². The van der Waals surface area contributed by atoms with E-state index in [9.17, 15) is 4.79 Å². The fraction of sp³-hybridized carbons (Fsp3) is 0.562. The van der Waals surface area contributed by atoms with E-state index in [1.54, 1.807) is 0 Å². The molecule has 1 aromatic carbocycles. The Balaban J connectivity index is 1.54. The third-order valence-corrected chi connectivity index (χ3v) is 4.17. The number of morpholine rings is 1. The van der Waals surface area contributed by atoms with Crippen LogP contribution in [0.15, 0.2) is 30.3 Å². The monoisotopic (exact) mass is 259 g/mol. The van der Waals surface area contributed by atoms with Crippen LogP contribution in [-0.4, -0.2) is 43.0 Å². The van der Waals surface area contributed by atoms with Gasteiger partial charge in [0.1, 0.15) is 0 Å². The summed E-state index contributed by atoms with van der Waals surface area (Å²) in [5.74, 6) is 1.06. The van der Waals surface area contributed by atoms with Gasteiger partial charge in [-0.1, -0.05) is 30.3 Å². The fourth-order valence-corrected chi connectivity index (χ4v) is 2.86. The fourth-order valence-electron chi connectivity index (χ4n) is 2.86. The van der Waals surface area contributed by atoms with Gasteiger partial charge in [-0.15, -0.1) is 0 Å². The van der Waals surface area contributed by atoms with Crippen LogP contribution in [0.4, 0.5) is 0 Å². The molecule has 1 aliphatic heterocycles. The van der Waals surface area contributed by atoms with Crippen LogP contribution in [0.5, 0.6) is 0 Å². The quantitative estimate of drug-likeness (QED) is 0.760. The summed E-state index contributed by atoms with van der Waals surface area (Å²) >= 11 is 0. The van der Waals surface area contributed by atoms with Gasteiger partial charge in [0, 0.05) is 31.1 Å². The van der Waals surface area contributed by atoms with Gasteiger partial charge in [0.15, 0.2) is 5.78 Å². The highest BCUT2D eigenvalue weighted by Crippen LogP contribution is 2.36. The number of benzene rings is 1. The molecule has 102 valence electrons. The Bertz CT molecular complexity index is 428. The van der Waals surface area contributed by atoms with Crippen molar-refractivity contribution in [2.24, 2.45) is 5.92 Å². The molecule has 0 radical (unpaired) electrons. The second kappa shape index (κ2) is 5.85. The van der Waals surface area contributed by atoms with Crippen molar-refractivity contribution >= 4 is 5.78 Å². The first-order valence-electron chi connectivity index (χ1n) is 7.24. The standard InChI is InChI=1S/C16H21NO2/c18-16(14-4-2-1-3-5-14)8-9-17-10-11-19-12-15(17)13-6-7-13/h1-5,13,15H,6-12H2/t15-/m1/s1. The number of carbonyl (C=O) groups excluding carboxylic acids is 1. The van der Waals surface area contributed by atoms with Gasteiger partial charge < -0.3 is 4.74 Å². The highest BCUT2D eigenvalue weighted by molar-refractivity contribution is 5.96. The molecule has 3 rings (SSSR count). The number of nitrogens with zero attached hydrogens (tertiary/aromatic N) is 1. The first-order chi connectivity index (χ1) is 9.34. The molecule has 1 aromatic rings. The van der Waals surface area contributed by atoms with Crippen LogP contribution in [-0.2, 0) is 4.74 Å². The predicted molar refractivity (Wildman–Crippen MR) is 74.3 cm³/mol. The minimum absolute atomic E-state index is 0.252. The molecule has 1 heterocycles. The van der Waals surface area contributed by atoms with E-state index in [-0.39, 0.29) is 5.78 Å². The van der Waals surface area contributed by atoms with Crippen LogP contribution < -0.4 is 0 Å². The lowest BCUT2D eigenvalue weighted by Gasteiger charge is -2.35. The Kier molecular flexibility index (Phi) is 3.95. The molecule has 1 saturated heterocycles. The Morgan fingerprint density at radius 2 is 2.05 bits per heavy atom. The summed E-state index contributed by atoms with van der Waals surface area (Å²) in [5.41, 5.74) is 0.832. The topological polar surface area (TPSA) is 29.5 Å². The third kappa shape index (κ3) is 3.23. The molecule has 0 amide bonds. The maximum Gasteiger partial charge on any atom is 0.164 e. The molecule has 0 spiro atoms. The number of Topliss-reactive ketones (excluding diaryl/α,β-unsaturated/α-hetero) is 1. The molecule has 2 aliphatic rings. The van der Waals surface area contributed by atoms with Crippen LogP contribution in [0.25, 0.3) is 0 Å². The molecule has 1 atom stereocenters. The van der Waals surface area contributed by atoms with E-state index in [0.717, 1.165) is 37.8 Å². The Morgan fingerprint density at radius 1 is 1.26 bits per heavy atom. The van der Waals surface area contributed by atoms with Crippen molar-refractivity contribution in [2.75, 3.05) is 26.3 Å². The van der Waals surface area contributed by atoms with Crippen LogP contribution in [0, 0.1) is 5.92 Å². The number of carbonyl (C=O) groups is 1. The van der Waals surface area contributed by atoms with Gasteiger partial charge in [-0.25, -0.2) is 0 Å². The summed E-state index contributed by atoms with van der Waals surface area (Å²) in [6, 6.07) is 10.2. The molecule has 0 N–H and O–H groups in total. The molecule has 3 nitrogen and oxygen atoms in total. The molecule has 0 unspecified atom stereocenters. The average Bonchev–Trinajstić information content (AvgIpc) is 3.30. The maximum absolute atomic E-state index is 12.1. The van der Waals surface area contributed by atoms with Crippen molar-refractivity contribution in [3.8, 4) is 0 Å². The number of ether oxygens (including phenoxy) is 1. The van der Waals surface area contributed by atoms with E-state index in [1.165, 1.54) is 12.8 Å². The van der Waals surface area contributed by atoms with Crippen molar-refractivity contribution in [1.82, 2.24) is 4.90 Å². The summed E-state index contributed by atoms with van der Waals surface area (Å²) in [6.07, 6.45) is 3.28. The second-order valence-corrected chi connectivity index (χ2v) is 5.55. The van der Waals surface area contributed by atoms with Crippen molar-refractivity contribution < 1.29 is 9.53 Å². The van der Waals surface area contributed by atoms with E-state index < -0.39 is 0 Å². The Hall–Kier alpha value is -1.19. The van der Waals surface area contributed by atoms with Crippen molar-refractivity contribution in [3.63, 3.8) is 0 Å². The van der Waals surface area contributed by atoms with Crippen LogP contribution in [0.1, 0.15) is 29.6 Å². The van der Waals surface area contributed by atoms with Gasteiger partial charge in [0.25, 0.3) is 0 Å². The van der Waals surface area contributed by atoms with Gasteiger partial charge in [-0.2, -0.15) is 0 Å². The van der Waals surface area contributed by atoms with E-state index in [0.29, 0.717) is 12.5 Å². The molecule has 0 bridgehead atoms. The SMILES string of the molecule is O=C(CCN1CCOC[C@@H]1C1CC1)c1ccccc1. The highest BCUT2D eigenvalue weighted by atomic mass is 16.5. The molecule has 3 heteroatoms. The predicted octanol–water partition coefficient (Wildman–Crippen LogP) is 2.37. The Morgan fingerprint density at radius 3 is 2.79 bits per heavy atom. The zero-order valence-corrected chi connectivity index (χ0v) is 11.3. The van der Waals surface area contributed by atoms with Crippen LogP contribution in [0.2, 0.25) is 0 Å². The molecule has 1 aliphatic carbocycles. The smallest absolute Gasteiger partial charge is 0.164 e. The number of rotatable bonds is 5. The molecule has 19 heavy (non-hydrogen) atoms. The first-order valence-corrected chi connectivity index (χ1v) is 7.24. The van der Waals surface area contributed by atoms with Crippen LogP contribution >= 0.6 is 0 Å². The largest absolute Gasteiger partial charge is 0.378 e. The zero-order valence-electron chi connectivity index (χ0n) is 11.3. The lowest BCUT2D eigenvalue weighted by molar-refractivity contribution is -0.0153. The van der Waals surface area contributed by atoms with E-state index in [2.05, 4.69) is 4.90 Å². The maximum atomic E-state index is 12.1.